The lowest BCUT2D eigenvalue weighted by Crippen LogP contribution is -2.19. The van der Waals surface area contributed by atoms with Crippen LogP contribution in [0.15, 0.2) is 41.0 Å². The van der Waals surface area contributed by atoms with Crippen LogP contribution in [0.2, 0.25) is 5.02 Å². The van der Waals surface area contributed by atoms with Gasteiger partial charge in [-0.2, -0.15) is 0 Å². The van der Waals surface area contributed by atoms with Crippen molar-refractivity contribution < 1.29 is 4.42 Å². The lowest BCUT2D eigenvalue weighted by atomic mass is 10.2. The van der Waals surface area contributed by atoms with Crippen molar-refractivity contribution in [3.63, 3.8) is 0 Å². The fourth-order valence-electron chi connectivity index (χ4n) is 2.77. The lowest BCUT2D eigenvalue weighted by molar-refractivity contribution is 0.577. The third kappa shape index (κ3) is 2.25. The summed E-state index contributed by atoms with van der Waals surface area (Å²) in [5.74, 6) is 2.26. The van der Waals surface area contributed by atoms with E-state index in [0.717, 1.165) is 29.8 Å². The molecule has 2 aromatic heterocycles. The first kappa shape index (κ1) is 12.7. The number of nitrogens with zero attached hydrogens (tertiary/aromatic N) is 3. The Morgan fingerprint density at radius 1 is 1.10 bits per heavy atom. The van der Waals surface area contributed by atoms with Crippen LogP contribution >= 0.6 is 11.6 Å². The molecule has 0 aliphatic carbocycles. The zero-order valence-corrected chi connectivity index (χ0v) is 12.2. The zero-order valence-electron chi connectivity index (χ0n) is 11.4. The standard InChI is InChI=1S/C16H14ClN3O/c17-11-5-6-12-13(10-11)18-15(14-4-3-9-21-14)19-16(12)20-7-1-2-8-20/h3-6,9-10H,1-2,7-8H2. The van der Waals surface area contributed by atoms with Gasteiger partial charge in [0.1, 0.15) is 5.82 Å². The maximum atomic E-state index is 6.11. The highest BCUT2D eigenvalue weighted by Crippen LogP contribution is 2.31. The number of anilines is 1. The minimum Gasteiger partial charge on any atom is -0.461 e. The maximum absolute atomic E-state index is 6.11. The molecule has 0 amide bonds. The van der Waals surface area contributed by atoms with Crippen molar-refractivity contribution in [1.29, 1.82) is 0 Å². The monoisotopic (exact) mass is 299 g/mol. The van der Waals surface area contributed by atoms with Gasteiger partial charge in [0.2, 0.25) is 0 Å². The van der Waals surface area contributed by atoms with Crippen LogP contribution < -0.4 is 4.90 Å². The molecule has 5 heteroatoms. The van der Waals surface area contributed by atoms with Gasteiger partial charge in [0.15, 0.2) is 11.6 Å². The number of benzene rings is 1. The van der Waals surface area contributed by atoms with Gasteiger partial charge in [-0.25, -0.2) is 9.97 Å². The van der Waals surface area contributed by atoms with Crippen LogP contribution in [0.1, 0.15) is 12.8 Å². The molecule has 0 spiro atoms. The highest BCUT2D eigenvalue weighted by molar-refractivity contribution is 6.31. The van der Waals surface area contributed by atoms with Gasteiger partial charge in [-0.1, -0.05) is 11.6 Å². The Morgan fingerprint density at radius 3 is 2.71 bits per heavy atom. The minimum atomic E-state index is 0.608. The van der Waals surface area contributed by atoms with Crippen molar-refractivity contribution in [1.82, 2.24) is 9.97 Å². The molecule has 0 N–H and O–H groups in total. The summed E-state index contributed by atoms with van der Waals surface area (Å²) < 4.78 is 5.44. The second kappa shape index (κ2) is 5.04. The quantitative estimate of drug-likeness (QED) is 0.713. The fraction of sp³-hybridized carbons (Fsp3) is 0.250. The number of hydrogen-bond donors (Lipinski definition) is 0. The van der Waals surface area contributed by atoms with Gasteiger partial charge in [-0.15, -0.1) is 0 Å². The molecule has 4 nitrogen and oxygen atoms in total. The molecule has 3 aromatic rings. The number of rotatable bonds is 2. The number of fused-ring (bicyclic) bond motifs is 1. The normalized spacial score (nSPS) is 15.0. The molecule has 21 heavy (non-hydrogen) atoms. The van der Waals surface area contributed by atoms with E-state index in [4.69, 9.17) is 21.0 Å². The number of hydrogen-bond acceptors (Lipinski definition) is 4. The van der Waals surface area contributed by atoms with Crippen molar-refractivity contribution in [3.05, 3.63) is 41.6 Å². The average molecular weight is 300 g/mol. The molecule has 1 saturated heterocycles. The molecular weight excluding hydrogens is 286 g/mol. The Labute approximate surface area is 127 Å². The first-order valence-corrected chi connectivity index (χ1v) is 7.45. The smallest absolute Gasteiger partial charge is 0.198 e. The summed E-state index contributed by atoms with van der Waals surface area (Å²) in [6.45, 7) is 2.07. The molecule has 0 unspecified atom stereocenters. The first-order valence-electron chi connectivity index (χ1n) is 7.07. The van der Waals surface area contributed by atoms with E-state index in [1.807, 2.05) is 30.3 Å². The first-order chi connectivity index (χ1) is 10.3. The van der Waals surface area contributed by atoms with Crippen LogP contribution in [0.4, 0.5) is 5.82 Å². The third-order valence-corrected chi connectivity index (χ3v) is 4.02. The van der Waals surface area contributed by atoms with Crippen molar-refractivity contribution >= 4 is 28.3 Å². The lowest BCUT2D eigenvalue weighted by Gasteiger charge is -2.19. The van der Waals surface area contributed by atoms with Crippen LogP contribution in [0.3, 0.4) is 0 Å². The topological polar surface area (TPSA) is 42.2 Å². The maximum Gasteiger partial charge on any atom is 0.198 e. The third-order valence-electron chi connectivity index (χ3n) is 3.79. The molecule has 1 fully saturated rings. The molecule has 0 atom stereocenters. The van der Waals surface area contributed by atoms with Gasteiger partial charge < -0.3 is 9.32 Å². The van der Waals surface area contributed by atoms with Crippen LogP contribution in [0, 0.1) is 0 Å². The molecule has 1 aromatic carbocycles. The summed E-state index contributed by atoms with van der Waals surface area (Å²) in [5, 5.41) is 1.72. The predicted octanol–water partition coefficient (Wildman–Crippen LogP) is 4.14. The number of halogens is 1. The summed E-state index contributed by atoms with van der Waals surface area (Å²) in [7, 11) is 0. The Kier molecular flexibility index (Phi) is 3.04. The Bertz CT molecular complexity index is 780. The van der Waals surface area contributed by atoms with Crippen molar-refractivity contribution in [2.45, 2.75) is 12.8 Å². The summed E-state index contributed by atoms with van der Waals surface area (Å²) >= 11 is 6.11. The van der Waals surface area contributed by atoms with Crippen LogP contribution in [0.5, 0.6) is 0 Å². The van der Waals surface area contributed by atoms with Gasteiger partial charge >= 0.3 is 0 Å². The van der Waals surface area contributed by atoms with Gasteiger partial charge in [0, 0.05) is 23.5 Å². The molecule has 1 aliphatic rings. The van der Waals surface area contributed by atoms with E-state index >= 15 is 0 Å². The van der Waals surface area contributed by atoms with Crippen LogP contribution in [-0.2, 0) is 0 Å². The average Bonchev–Trinajstić information content (AvgIpc) is 3.19. The molecule has 4 rings (SSSR count). The Morgan fingerprint density at radius 2 is 1.95 bits per heavy atom. The largest absolute Gasteiger partial charge is 0.461 e. The van der Waals surface area contributed by atoms with Gasteiger partial charge in [0.05, 0.1) is 11.8 Å². The van der Waals surface area contributed by atoms with Crippen LogP contribution in [-0.4, -0.2) is 23.1 Å². The fourth-order valence-corrected chi connectivity index (χ4v) is 2.94. The van der Waals surface area contributed by atoms with Gasteiger partial charge in [0.25, 0.3) is 0 Å². The van der Waals surface area contributed by atoms with E-state index in [1.165, 1.54) is 12.8 Å². The van der Waals surface area contributed by atoms with Crippen molar-refractivity contribution in [2.24, 2.45) is 0 Å². The van der Waals surface area contributed by atoms with E-state index < -0.39 is 0 Å². The Hall–Kier alpha value is -2.07. The highest BCUT2D eigenvalue weighted by Gasteiger charge is 2.19. The van der Waals surface area contributed by atoms with Crippen LogP contribution in [0.25, 0.3) is 22.5 Å². The molecule has 0 radical (unpaired) electrons. The second-order valence-corrected chi connectivity index (χ2v) is 5.64. The summed E-state index contributed by atoms with van der Waals surface area (Å²) in [6.07, 6.45) is 4.04. The molecule has 1 aliphatic heterocycles. The molecule has 0 bridgehead atoms. The Balaban J connectivity index is 1.96. The van der Waals surface area contributed by atoms with E-state index in [-0.39, 0.29) is 0 Å². The van der Waals surface area contributed by atoms with Crippen molar-refractivity contribution in [2.75, 3.05) is 18.0 Å². The summed E-state index contributed by atoms with van der Waals surface area (Å²) in [6, 6.07) is 9.48. The molecular formula is C16H14ClN3O. The van der Waals surface area contributed by atoms with Gasteiger partial charge in [-0.05, 0) is 43.2 Å². The molecule has 0 saturated carbocycles. The SMILES string of the molecule is Clc1ccc2c(N3CCCC3)nc(-c3ccco3)nc2c1. The molecule has 106 valence electrons. The summed E-state index contributed by atoms with van der Waals surface area (Å²) in [5.41, 5.74) is 0.853. The second-order valence-electron chi connectivity index (χ2n) is 5.20. The van der Waals surface area contributed by atoms with E-state index in [9.17, 15) is 0 Å². The van der Waals surface area contributed by atoms with E-state index in [0.29, 0.717) is 16.6 Å². The van der Waals surface area contributed by atoms with E-state index in [1.54, 1.807) is 6.26 Å². The van der Waals surface area contributed by atoms with Gasteiger partial charge in [-0.3, -0.25) is 0 Å². The van der Waals surface area contributed by atoms with E-state index in [2.05, 4.69) is 9.88 Å². The summed E-state index contributed by atoms with van der Waals surface area (Å²) in [4.78, 5) is 11.6. The minimum absolute atomic E-state index is 0.608. The molecule has 3 heterocycles. The number of furan rings is 1. The number of aromatic nitrogens is 2. The predicted molar refractivity (Wildman–Crippen MR) is 83.7 cm³/mol. The highest BCUT2D eigenvalue weighted by atomic mass is 35.5. The van der Waals surface area contributed by atoms with Crippen molar-refractivity contribution in [3.8, 4) is 11.6 Å². The zero-order chi connectivity index (χ0) is 14.2.